The fraction of sp³-hybridized carbons (Fsp3) is 0.500. The zero-order valence-corrected chi connectivity index (χ0v) is 17.0. The predicted octanol–water partition coefficient (Wildman–Crippen LogP) is 4.01. The Bertz CT molecular complexity index is 871. The Morgan fingerprint density at radius 2 is 1.83 bits per heavy atom. The topological polar surface area (TPSA) is 51.2 Å². The van der Waals surface area contributed by atoms with Crippen LogP contribution in [0.1, 0.15) is 42.4 Å². The molecule has 1 saturated carbocycles. The van der Waals surface area contributed by atoms with Gasteiger partial charge < -0.3 is 19.3 Å². The molecule has 0 bridgehead atoms. The number of ether oxygens (including phenoxy) is 3. The molecule has 154 valence electrons. The lowest BCUT2D eigenvalue weighted by molar-refractivity contribution is 0.0330. The molecule has 5 rings (SSSR count). The summed E-state index contributed by atoms with van der Waals surface area (Å²) in [5.74, 6) is 2.10. The Kier molecular flexibility index (Phi) is 4.88. The van der Waals surface area contributed by atoms with Crippen molar-refractivity contribution in [1.82, 2.24) is 4.90 Å². The maximum absolute atomic E-state index is 9.52. The Labute approximate surface area is 172 Å². The standard InChI is InChI=1S/C24H29NO4/c1-27-20-6-9-24(10-7-20)15-25(11-8-17-2-4-19(26)5-3-17)14-18-12-22-23(13-21(18)24)29-16-28-22/h2-5,12-13,20,26H,6-11,14-16H2,1H3. The molecule has 1 N–H and O–H groups in total. The lowest BCUT2D eigenvalue weighted by Gasteiger charge is -2.48. The van der Waals surface area contributed by atoms with E-state index in [0.717, 1.165) is 63.2 Å². The van der Waals surface area contributed by atoms with Crippen LogP contribution in [-0.2, 0) is 23.1 Å². The molecule has 2 aliphatic heterocycles. The van der Waals surface area contributed by atoms with Crippen LogP contribution in [0.4, 0.5) is 0 Å². The van der Waals surface area contributed by atoms with E-state index >= 15 is 0 Å². The van der Waals surface area contributed by atoms with Crippen molar-refractivity contribution in [3.8, 4) is 17.2 Å². The maximum atomic E-state index is 9.52. The molecular weight excluding hydrogens is 366 g/mol. The molecule has 0 unspecified atom stereocenters. The van der Waals surface area contributed by atoms with Crippen LogP contribution in [0.15, 0.2) is 36.4 Å². The van der Waals surface area contributed by atoms with Crippen LogP contribution in [0, 0.1) is 0 Å². The second-order valence-corrected chi connectivity index (χ2v) is 8.71. The van der Waals surface area contributed by atoms with Crippen LogP contribution in [0.5, 0.6) is 17.2 Å². The summed E-state index contributed by atoms with van der Waals surface area (Å²) in [7, 11) is 1.83. The molecule has 0 saturated heterocycles. The molecule has 2 heterocycles. The molecular formula is C24H29NO4. The Hall–Kier alpha value is -2.24. The first-order valence-electron chi connectivity index (χ1n) is 10.6. The van der Waals surface area contributed by atoms with Gasteiger partial charge in [-0.25, -0.2) is 0 Å². The van der Waals surface area contributed by atoms with Crippen LogP contribution < -0.4 is 9.47 Å². The van der Waals surface area contributed by atoms with Crippen molar-refractivity contribution in [2.45, 2.75) is 50.2 Å². The lowest BCUT2D eigenvalue weighted by atomic mass is 9.65. The van der Waals surface area contributed by atoms with Crippen molar-refractivity contribution in [3.05, 3.63) is 53.1 Å². The zero-order chi connectivity index (χ0) is 19.8. The minimum Gasteiger partial charge on any atom is -0.508 e. The normalized spacial score (nSPS) is 25.9. The van der Waals surface area contributed by atoms with Gasteiger partial charge in [0, 0.05) is 32.2 Å². The van der Waals surface area contributed by atoms with E-state index in [1.807, 2.05) is 19.2 Å². The van der Waals surface area contributed by atoms with Crippen molar-refractivity contribution in [1.29, 1.82) is 0 Å². The van der Waals surface area contributed by atoms with Crippen molar-refractivity contribution < 1.29 is 19.3 Å². The molecule has 0 aromatic heterocycles. The second-order valence-electron chi connectivity index (χ2n) is 8.71. The van der Waals surface area contributed by atoms with Gasteiger partial charge in [0.15, 0.2) is 11.5 Å². The zero-order valence-electron chi connectivity index (χ0n) is 17.0. The summed E-state index contributed by atoms with van der Waals surface area (Å²) in [4.78, 5) is 2.59. The summed E-state index contributed by atoms with van der Waals surface area (Å²) in [6.45, 7) is 3.35. The number of nitrogens with zero attached hydrogens (tertiary/aromatic N) is 1. The highest BCUT2D eigenvalue weighted by Gasteiger charge is 2.43. The highest BCUT2D eigenvalue weighted by atomic mass is 16.7. The van der Waals surface area contributed by atoms with Gasteiger partial charge in [0.2, 0.25) is 6.79 Å². The van der Waals surface area contributed by atoms with Crippen LogP contribution in [-0.4, -0.2) is 43.1 Å². The SMILES string of the molecule is COC1CCC2(CC1)CN(CCc1ccc(O)cc1)Cc1cc3c(cc12)OCO3. The molecule has 0 radical (unpaired) electrons. The molecule has 2 aromatic carbocycles. The lowest BCUT2D eigenvalue weighted by Crippen LogP contribution is -2.48. The second kappa shape index (κ2) is 7.54. The van der Waals surface area contributed by atoms with Crippen LogP contribution in [0.2, 0.25) is 0 Å². The summed E-state index contributed by atoms with van der Waals surface area (Å²) in [6.07, 6.45) is 5.87. The van der Waals surface area contributed by atoms with Gasteiger partial charge in [-0.2, -0.15) is 0 Å². The first-order chi connectivity index (χ1) is 14.1. The molecule has 29 heavy (non-hydrogen) atoms. The van der Waals surface area contributed by atoms with Gasteiger partial charge in [0.05, 0.1) is 6.10 Å². The van der Waals surface area contributed by atoms with Gasteiger partial charge >= 0.3 is 0 Å². The molecule has 5 heteroatoms. The van der Waals surface area contributed by atoms with Gasteiger partial charge in [-0.3, -0.25) is 4.90 Å². The number of aromatic hydroxyl groups is 1. The molecule has 5 nitrogen and oxygen atoms in total. The number of methoxy groups -OCH3 is 1. The highest BCUT2D eigenvalue weighted by molar-refractivity contribution is 5.52. The number of hydrogen-bond acceptors (Lipinski definition) is 5. The summed E-state index contributed by atoms with van der Waals surface area (Å²) in [5, 5.41) is 9.52. The summed E-state index contributed by atoms with van der Waals surface area (Å²) >= 11 is 0. The quantitative estimate of drug-likeness (QED) is 0.848. The van der Waals surface area contributed by atoms with Crippen LogP contribution in [0.25, 0.3) is 0 Å². The Morgan fingerprint density at radius 1 is 1.10 bits per heavy atom. The molecule has 1 aliphatic carbocycles. The molecule has 3 aliphatic rings. The molecule has 0 atom stereocenters. The molecule has 0 amide bonds. The Balaban J connectivity index is 1.40. The van der Waals surface area contributed by atoms with Crippen LogP contribution in [0.3, 0.4) is 0 Å². The molecule has 2 aromatic rings. The van der Waals surface area contributed by atoms with Crippen molar-refractivity contribution in [3.63, 3.8) is 0 Å². The average Bonchev–Trinajstić information content (AvgIpc) is 3.20. The summed E-state index contributed by atoms with van der Waals surface area (Å²) in [5.41, 5.74) is 4.26. The van der Waals surface area contributed by atoms with Gasteiger partial charge in [-0.15, -0.1) is 0 Å². The van der Waals surface area contributed by atoms with E-state index < -0.39 is 0 Å². The van der Waals surface area contributed by atoms with E-state index in [0.29, 0.717) is 18.6 Å². The van der Waals surface area contributed by atoms with E-state index in [1.165, 1.54) is 16.7 Å². The minimum atomic E-state index is 0.165. The third-order valence-corrected chi connectivity index (χ3v) is 6.97. The number of benzene rings is 2. The maximum Gasteiger partial charge on any atom is 0.231 e. The first-order valence-corrected chi connectivity index (χ1v) is 10.6. The summed E-state index contributed by atoms with van der Waals surface area (Å²) < 4.78 is 17.0. The van der Waals surface area contributed by atoms with E-state index in [-0.39, 0.29) is 5.41 Å². The molecule has 1 fully saturated rings. The fourth-order valence-corrected chi connectivity index (χ4v) is 5.33. The third-order valence-electron chi connectivity index (χ3n) is 6.97. The van der Waals surface area contributed by atoms with E-state index in [1.54, 1.807) is 12.1 Å². The van der Waals surface area contributed by atoms with Gasteiger partial charge in [-0.1, -0.05) is 12.1 Å². The average molecular weight is 395 g/mol. The predicted molar refractivity (Wildman–Crippen MR) is 111 cm³/mol. The van der Waals surface area contributed by atoms with E-state index in [2.05, 4.69) is 17.0 Å². The smallest absolute Gasteiger partial charge is 0.231 e. The number of phenols is 1. The van der Waals surface area contributed by atoms with Gasteiger partial charge in [0.1, 0.15) is 5.75 Å². The number of hydrogen-bond donors (Lipinski definition) is 1. The fourth-order valence-electron chi connectivity index (χ4n) is 5.33. The first kappa shape index (κ1) is 18.8. The highest BCUT2D eigenvalue weighted by Crippen LogP contribution is 2.48. The van der Waals surface area contributed by atoms with Gasteiger partial charge in [0.25, 0.3) is 0 Å². The van der Waals surface area contributed by atoms with Crippen molar-refractivity contribution in [2.24, 2.45) is 0 Å². The van der Waals surface area contributed by atoms with Gasteiger partial charge in [-0.05, 0) is 73.1 Å². The monoisotopic (exact) mass is 395 g/mol. The third kappa shape index (κ3) is 3.58. The number of rotatable bonds is 4. The largest absolute Gasteiger partial charge is 0.508 e. The van der Waals surface area contributed by atoms with E-state index in [9.17, 15) is 5.11 Å². The van der Waals surface area contributed by atoms with Crippen molar-refractivity contribution >= 4 is 0 Å². The number of phenolic OH excluding ortho intramolecular Hbond substituents is 1. The summed E-state index contributed by atoms with van der Waals surface area (Å²) in [6, 6.07) is 12.0. The minimum absolute atomic E-state index is 0.165. The number of fused-ring (bicyclic) bond motifs is 3. The van der Waals surface area contributed by atoms with E-state index in [4.69, 9.17) is 14.2 Å². The molecule has 1 spiro atoms. The van der Waals surface area contributed by atoms with Crippen molar-refractivity contribution in [2.75, 3.05) is 27.0 Å². The Morgan fingerprint density at radius 3 is 2.55 bits per heavy atom. The van der Waals surface area contributed by atoms with Crippen LogP contribution >= 0.6 is 0 Å².